The molecule has 10 heteroatoms. The van der Waals surface area contributed by atoms with Crippen molar-refractivity contribution in [3.8, 4) is 0 Å². The third-order valence-electron chi connectivity index (χ3n) is 4.65. The zero-order valence-electron chi connectivity index (χ0n) is 16.7. The molecule has 2 heterocycles. The Hall–Kier alpha value is -3.11. The summed E-state index contributed by atoms with van der Waals surface area (Å²) in [5.74, 6) is -0.915. The van der Waals surface area contributed by atoms with Gasteiger partial charge in [0.25, 0.3) is 0 Å². The fourth-order valence-electron chi connectivity index (χ4n) is 3.06. The van der Waals surface area contributed by atoms with Crippen molar-refractivity contribution >= 4 is 5.91 Å². The van der Waals surface area contributed by atoms with Gasteiger partial charge in [0.1, 0.15) is 12.4 Å². The molecule has 0 spiro atoms. The van der Waals surface area contributed by atoms with Gasteiger partial charge in [-0.05, 0) is 23.3 Å². The second kappa shape index (κ2) is 9.36. The molecule has 1 atom stereocenters. The van der Waals surface area contributed by atoms with Crippen LogP contribution in [-0.2, 0) is 41.9 Å². The van der Waals surface area contributed by atoms with Crippen LogP contribution in [0.4, 0.5) is 13.2 Å². The summed E-state index contributed by atoms with van der Waals surface area (Å²) in [5.41, 5.74) is -1.88. The number of carbonyl (C=O) groups excluding carboxylic acids is 1. The zero-order chi connectivity index (χ0) is 22.5. The summed E-state index contributed by atoms with van der Waals surface area (Å²) in [6, 6.07) is 10.6. The monoisotopic (exact) mass is 437 g/mol. The summed E-state index contributed by atoms with van der Waals surface area (Å²) in [6.07, 6.45) is -2.33. The highest BCUT2D eigenvalue weighted by Crippen LogP contribution is 2.40. The molecule has 1 amide bonds. The van der Waals surface area contributed by atoms with Gasteiger partial charge in [-0.15, -0.1) is 0 Å². The van der Waals surface area contributed by atoms with Gasteiger partial charge < -0.3 is 24.1 Å². The number of furan rings is 1. The number of hydrogen-bond donors (Lipinski definition) is 2. The Bertz CT molecular complexity index is 1000. The molecule has 2 N–H and O–H groups in total. The summed E-state index contributed by atoms with van der Waals surface area (Å²) in [4.78, 5) is 15.8. The number of amides is 1. The van der Waals surface area contributed by atoms with E-state index >= 15 is 0 Å². The Morgan fingerprint density at radius 2 is 2.00 bits per heavy atom. The van der Waals surface area contributed by atoms with Crippen LogP contribution in [0, 0.1) is 0 Å². The first-order chi connectivity index (χ1) is 14.7. The molecule has 3 aromatic rings. The van der Waals surface area contributed by atoms with Gasteiger partial charge in [0.2, 0.25) is 11.5 Å². The number of nitrogens with zero attached hydrogens (tertiary/aromatic N) is 2. The van der Waals surface area contributed by atoms with E-state index in [9.17, 15) is 23.1 Å². The lowest BCUT2D eigenvalue weighted by atomic mass is 9.97. The summed E-state index contributed by atoms with van der Waals surface area (Å²) < 4.78 is 52.4. The zero-order valence-corrected chi connectivity index (χ0v) is 16.7. The number of imidazole rings is 1. The molecule has 7 nitrogen and oxygen atoms in total. The standard InChI is InChI=1S/C21H22F3N3O4/c1-27-8-7-25-19(27)20(29,21(22,23)24)11-18(28)26-12-15-4-2-5-16(10-15)13-30-14-17-6-3-9-31-17/h2-10,29H,11-14H2,1H3,(H,26,28). The number of halogens is 3. The van der Waals surface area contributed by atoms with Crippen LogP contribution in [0.15, 0.2) is 59.5 Å². The average Bonchev–Trinajstić information content (AvgIpc) is 3.38. The van der Waals surface area contributed by atoms with Crippen molar-refractivity contribution < 1.29 is 32.2 Å². The Kier molecular flexibility index (Phi) is 6.81. The van der Waals surface area contributed by atoms with Crippen LogP contribution < -0.4 is 5.32 Å². The van der Waals surface area contributed by atoms with Crippen molar-refractivity contribution in [2.75, 3.05) is 0 Å². The fourth-order valence-corrected chi connectivity index (χ4v) is 3.06. The fraction of sp³-hybridized carbons (Fsp3) is 0.333. The summed E-state index contributed by atoms with van der Waals surface area (Å²) in [5, 5.41) is 12.7. The maximum Gasteiger partial charge on any atom is 0.425 e. The van der Waals surface area contributed by atoms with Crippen LogP contribution in [0.3, 0.4) is 0 Å². The van der Waals surface area contributed by atoms with Crippen molar-refractivity contribution in [3.63, 3.8) is 0 Å². The van der Waals surface area contributed by atoms with Gasteiger partial charge in [-0.25, -0.2) is 4.98 Å². The highest BCUT2D eigenvalue weighted by Gasteiger charge is 2.58. The Balaban J connectivity index is 1.58. The first-order valence-electron chi connectivity index (χ1n) is 9.40. The molecule has 0 aliphatic rings. The number of aromatic nitrogens is 2. The molecule has 1 unspecified atom stereocenters. The van der Waals surface area contributed by atoms with E-state index in [1.54, 1.807) is 36.6 Å². The van der Waals surface area contributed by atoms with Gasteiger partial charge in [-0.3, -0.25) is 4.79 Å². The topological polar surface area (TPSA) is 89.5 Å². The predicted octanol–water partition coefficient (Wildman–Crippen LogP) is 3.19. The van der Waals surface area contributed by atoms with E-state index in [4.69, 9.17) is 9.15 Å². The van der Waals surface area contributed by atoms with E-state index < -0.39 is 29.9 Å². The molecule has 1 aromatic carbocycles. The van der Waals surface area contributed by atoms with Gasteiger partial charge in [0.05, 0.1) is 19.3 Å². The lowest BCUT2D eigenvalue weighted by Gasteiger charge is -2.29. The molecular weight excluding hydrogens is 415 g/mol. The van der Waals surface area contributed by atoms with Crippen LogP contribution in [0.2, 0.25) is 0 Å². The van der Waals surface area contributed by atoms with Crippen molar-refractivity contribution in [3.05, 3.63) is 77.8 Å². The van der Waals surface area contributed by atoms with Gasteiger partial charge in [-0.2, -0.15) is 13.2 Å². The average molecular weight is 437 g/mol. The molecule has 0 saturated carbocycles. The number of aliphatic hydroxyl groups is 1. The number of rotatable bonds is 9. The minimum atomic E-state index is -5.07. The van der Waals surface area contributed by atoms with E-state index in [1.165, 1.54) is 13.2 Å². The molecule has 3 rings (SSSR count). The minimum Gasteiger partial charge on any atom is -0.467 e. The number of aryl methyl sites for hydroxylation is 1. The molecule has 0 bridgehead atoms. The maximum absolute atomic E-state index is 13.5. The van der Waals surface area contributed by atoms with Crippen LogP contribution in [0.25, 0.3) is 0 Å². The van der Waals surface area contributed by atoms with Crippen molar-refractivity contribution in [2.24, 2.45) is 7.05 Å². The Morgan fingerprint density at radius 3 is 2.65 bits per heavy atom. The lowest BCUT2D eigenvalue weighted by molar-refractivity contribution is -0.271. The van der Waals surface area contributed by atoms with Gasteiger partial charge in [0.15, 0.2) is 5.82 Å². The van der Waals surface area contributed by atoms with E-state index in [2.05, 4.69) is 10.3 Å². The summed E-state index contributed by atoms with van der Waals surface area (Å²) >= 11 is 0. The molecule has 2 aromatic heterocycles. The first-order valence-corrected chi connectivity index (χ1v) is 9.40. The smallest absolute Gasteiger partial charge is 0.425 e. The largest absolute Gasteiger partial charge is 0.467 e. The van der Waals surface area contributed by atoms with Crippen LogP contribution in [0.5, 0.6) is 0 Å². The Labute approximate surface area is 176 Å². The van der Waals surface area contributed by atoms with Crippen molar-refractivity contribution in [1.82, 2.24) is 14.9 Å². The van der Waals surface area contributed by atoms with E-state index in [0.29, 0.717) is 24.5 Å². The van der Waals surface area contributed by atoms with Gasteiger partial charge in [-0.1, -0.05) is 24.3 Å². The van der Waals surface area contributed by atoms with Crippen LogP contribution >= 0.6 is 0 Å². The second-order valence-electron chi connectivity index (χ2n) is 7.07. The SMILES string of the molecule is Cn1ccnc1C(O)(CC(=O)NCc1cccc(COCc2ccco2)c1)C(F)(F)F. The maximum atomic E-state index is 13.5. The summed E-state index contributed by atoms with van der Waals surface area (Å²) in [7, 11) is 1.32. The number of ether oxygens (including phenoxy) is 1. The van der Waals surface area contributed by atoms with E-state index in [-0.39, 0.29) is 6.54 Å². The summed E-state index contributed by atoms with van der Waals surface area (Å²) in [6.45, 7) is 0.603. The molecule has 0 saturated heterocycles. The van der Waals surface area contributed by atoms with Crippen molar-refractivity contribution in [2.45, 2.75) is 38.0 Å². The van der Waals surface area contributed by atoms with Gasteiger partial charge in [0, 0.05) is 26.0 Å². The lowest BCUT2D eigenvalue weighted by Crippen LogP contribution is -2.47. The highest BCUT2D eigenvalue weighted by atomic mass is 19.4. The number of hydrogen-bond acceptors (Lipinski definition) is 5. The van der Waals surface area contributed by atoms with Crippen molar-refractivity contribution in [1.29, 1.82) is 0 Å². The highest BCUT2D eigenvalue weighted by molar-refractivity contribution is 5.77. The number of carbonyl (C=O) groups is 1. The first kappa shape index (κ1) is 22.6. The number of alkyl halides is 3. The molecule has 31 heavy (non-hydrogen) atoms. The minimum absolute atomic E-state index is 0.000635. The second-order valence-corrected chi connectivity index (χ2v) is 7.07. The molecular formula is C21H22F3N3O4. The normalized spacial score (nSPS) is 13.7. The number of benzene rings is 1. The number of nitrogens with one attached hydrogen (secondary N) is 1. The predicted molar refractivity (Wildman–Crippen MR) is 103 cm³/mol. The molecule has 0 radical (unpaired) electrons. The van der Waals surface area contributed by atoms with E-state index in [0.717, 1.165) is 16.3 Å². The Morgan fingerprint density at radius 1 is 1.23 bits per heavy atom. The van der Waals surface area contributed by atoms with Crippen LogP contribution in [-0.4, -0.2) is 26.7 Å². The van der Waals surface area contributed by atoms with Crippen LogP contribution in [0.1, 0.15) is 29.1 Å². The molecule has 166 valence electrons. The molecule has 0 aliphatic carbocycles. The third kappa shape index (κ3) is 5.53. The molecule has 0 aliphatic heterocycles. The third-order valence-corrected chi connectivity index (χ3v) is 4.65. The van der Waals surface area contributed by atoms with E-state index in [1.807, 2.05) is 6.07 Å². The molecule has 0 fully saturated rings. The van der Waals surface area contributed by atoms with Gasteiger partial charge >= 0.3 is 6.18 Å². The quantitative estimate of drug-likeness (QED) is 0.537.